The van der Waals surface area contributed by atoms with E-state index in [1.165, 1.54) is 22.3 Å². The summed E-state index contributed by atoms with van der Waals surface area (Å²) in [5.74, 6) is 0. The maximum atomic E-state index is 6.18. The molecule has 0 aliphatic carbocycles. The minimum atomic E-state index is 0.222. The Morgan fingerprint density at radius 2 is 1.74 bits per heavy atom. The van der Waals surface area contributed by atoms with Gasteiger partial charge in [0, 0.05) is 5.02 Å². The molecule has 0 N–H and O–H groups in total. The van der Waals surface area contributed by atoms with Gasteiger partial charge in [-0.05, 0) is 54.2 Å². The van der Waals surface area contributed by atoms with E-state index in [-0.39, 0.29) is 4.83 Å². The molecule has 0 aliphatic heterocycles. The zero-order chi connectivity index (χ0) is 14.0. The lowest BCUT2D eigenvalue weighted by Crippen LogP contribution is -2.00. The van der Waals surface area contributed by atoms with Gasteiger partial charge in [0.2, 0.25) is 0 Å². The van der Waals surface area contributed by atoms with Gasteiger partial charge in [-0.1, -0.05) is 64.8 Å². The second kappa shape index (κ2) is 6.11. The van der Waals surface area contributed by atoms with Crippen molar-refractivity contribution in [1.29, 1.82) is 0 Å². The highest BCUT2D eigenvalue weighted by Gasteiger charge is 2.16. The molecule has 1 atom stereocenters. The third-order valence-corrected chi connectivity index (χ3v) is 4.92. The van der Waals surface area contributed by atoms with Crippen LogP contribution < -0.4 is 0 Å². The maximum absolute atomic E-state index is 6.18. The Balaban J connectivity index is 2.50. The van der Waals surface area contributed by atoms with Gasteiger partial charge in [-0.15, -0.1) is 0 Å². The van der Waals surface area contributed by atoms with E-state index < -0.39 is 0 Å². The first kappa shape index (κ1) is 14.6. The van der Waals surface area contributed by atoms with Crippen LogP contribution in [0.25, 0.3) is 0 Å². The van der Waals surface area contributed by atoms with Crippen LogP contribution in [0.4, 0.5) is 0 Å². The summed E-state index contributed by atoms with van der Waals surface area (Å²) in [5, 5.41) is 0.838. The molecule has 0 aliphatic rings. The molecular weight excluding hydrogens is 320 g/mol. The number of aryl methyl sites for hydroxylation is 3. The fourth-order valence-electron chi connectivity index (χ4n) is 2.35. The van der Waals surface area contributed by atoms with E-state index in [0.717, 1.165) is 17.0 Å². The van der Waals surface area contributed by atoms with Crippen LogP contribution in [-0.4, -0.2) is 0 Å². The highest BCUT2D eigenvalue weighted by Crippen LogP contribution is 2.36. The van der Waals surface area contributed by atoms with Crippen molar-refractivity contribution < 1.29 is 0 Å². The molecule has 0 heterocycles. The Labute approximate surface area is 128 Å². The van der Waals surface area contributed by atoms with Gasteiger partial charge < -0.3 is 0 Å². The number of hydrogen-bond donors (Lipinski definition) is 0. The summed E-state index contributed by atoms with van der Waals surface area (Å²) in [6.07, 6.45) is 1.05. The van der Waals surface area contributed by atoms with E-state index in [1.807, 2.05) is 0 Å². The molecule has 2 heteroatoms. The lowest BCUT2D eigenvalue weighted by atomic mass is 9.94. The molecule has 0 bridgehead atoms. The number of rotatable bonds is 3. The van der Waals surface area contributed by atoms with Crippen molar-refractivity contribution >= 4 is 27.5 Å². The summed E-state index contributed by atoms with van der Waals surface area (Å²) < 4.78 is 0. The summed E-state index contributed by atoms with van der Waals surface area (Å²) in [6, 6.07) is 12.8. The van der Waals surface area contributed by atoms with Gasteiger partial charge in [0.05, 0.1) is 4.83 Å². The van der Waals surface area contributed by atoms with E-state index in [9.17, 15) is 0 Å². The average Bonchev–Trinajstić information content (AvgIpc) is 2.42. The van der Waals surface area contributed by atoms with Crippen molar-refractivity contribution in [2.45, 2.75) is 32.0 Å². The normalized spacial score (nSPS) is 12.5. The molecule has 2 rings (SSSR count). The monoisotopic (exact) mass is 336 g/mol. The van der Waals surface area contributed by atoms with E-state index in [0.29, 0.717) is 0 Å². The summed E-state index contributed by atoms with van der Waals surface area (Å²) in [6.45, 7) is 6.36. The highest BCUT2D eigenvalue weighted by molar-refractivity contribution is 9.09. The van der Waals surface area contributed by atoms with Crippen LogP contribution in [0.2, 0.25) is 5.02 Å². The van der Waals surface area contributed by atoms with Gasteiger partial charge in [-0.2, -0.15) is 0 Å². The lowest BCUT2D eigenvalue weighted by Gasteiger charge is -2.18. The third kappa shape index (κ3) is 3.04. The number of halogens is 2. The van der Waals surface area contributed by atoms with Crippen LogP contribution in [0.15, 0.2) is 36.4 Å². The van der Waals surface area contributed by atoms with E-state index in [4.69, 9.17) is 11.6 Å². The van der Waals surface area contributed by atoms with Crippen LogP contribution in [0.5, 0.6) is 0 Å². The molecule has 0 saturated carbocycles. The molecule has 1 unspecified atom stereocenters. The van der Waals surface area contributed by atoms with Crippen LogP contribution in [-0.2, 0) is 6.42 Å². The quantitative estimate of drug-likeness (QED) is 0.602. The molecule has 0 aromatic heterocycles. The third-order valence-electron chi connectivity index (χ3n) is 3.53. The molecule has 0 spiro atoms. The van der Waals surface area contributed by atoms with Crippen LogP contribution in [0.3, 0.4) is 0 Å². The van der Waals surface area contributed by atoms with Gasteiger partial charge >= 0.3 is 0 Å². The fourth-order valence-corrected chi connectivity index (χ4v) is 3.51. The van der Waals surface area contributed by atoms with E-state index >= 15 is 0 Å². The Morgan fingerprint density at radius 3 is 2.42 bits per heavy atom. The van der Waals surface area contributed by atoms with Crippen LogP contribution >= 0.6 is 27.5 Å². The van der Waals surface area contributed by atoms with Crippen molar-refractivity contribution in [3.63, 3.8) is 0 Å². The van der Waals surface area contributed by atoms with E-state index in [2.05, 4.69) is 73.1 Å². The van der Waals surface area contributed by atoms with Gasteiger partial charge in [-0.25, -0.2) is 0 Å². The second-order valence-corrected chi connectivity index (χ2v) is 6.20. The zero-order valence-electron chi connectivity index (χ0n) is 11.5. The maximum Gasteiger partial charge on any atom is 0.0649 e. The number of hydrogen-bond acceptors (Lipinski definition) is 0. The second-order valence-electron chi connectivity index (χ2n) is 4.87. The lowest BCUT2D eigenvalue weighted by molar-refractivity contribution is 1.04. The van der Waals surface area contributed by atoms with Crippen LogP contribution in [0.1, 0.15) is 39.6 Å². The largest absolute Gasteiger partial charge is 0.0840 e. The molecule has 19 heavy (non-hydrogen) atoms. The molecule has 2 aromatic rings. The number of benzene rings is 2. The average molecular weight is 338 g/mol. The number of alkyl halides is 1. The molecular formula is C17H18BrCl. The predicted molar refractivity (Wildman–Crippen MR) is 87.5 cm³/mol. The minimum absolute atomic E-state index is 0.222. The first-order valence-electron chi connectivity index (χ1n) is 6.53. The standard InChI is InChI=1S/C17H18BrCl/c1-4-13-7-5-6-8-14(13)17(18)15-9-12(3)16(19)10-11(15)2/h5-10,17H,4H2,1-3H3. The predicted octanol–water partition coefficient (Wildman–Crippen LogP) is 6.00. The molecule has 0 fully saturated rings. The van der Waals surface area contributed by atoms with Crippen molar-refractivity contribution in [3.8, 4) is 0 Å². The van der Waals surface area contributed by atoms with Gasteiger partial charge in [0.15, 0.2) is 0 Å². The first-order chi connectivity index (χ1) is 9.04. The molecule has 0 radical (unpaired) electrons. The molecule has 2 aromatic carbocycles. The summed E-state index contributed by atoms with van der Waals surface area (Å²) in [5.41, 5.74) is 6.37. The highest BCUT2D eigenvalue weighted by atomic mass is 79.9. The Bertz CT molecular complexity index is 590. The van der Waals surface area contributed by atoms with Crippen molar-refractivity contribution in [2.24, 2.45) is 0 Å². The minimum Gasteiger partial charge on any atom is -0.0840 e. The Hall–Kier alpha value is -0.790. The summed E-state index contributed by atoms with van der Waals surface area (Å²) in [4.78, 5) is 0.222. The van der Waals surface area contributed by atoms with Gasteiger partial charge in [-0.3, -0.25) is 0 Å². The first-order valence-corrected chi connectivity index (χ1v) is 7.82. The van der Waals surface area contributed by atoms with Gasteiger partial charge in [0.1, 0.15) is 0 Å². The Morgan fingerprint density at radius 1 is 1.05 bits per heavy atom. The molecule has 0 nitrogen and oxygen atoms in total. The zero-order valence-corrected chi connectivity index (χ0v) is 13.8. The van der Waals surface area contributed by atoms with E-state index in [1.54, 1.807) is 0 Å². The van der Waals surface area contributed by atoms with Crippen molar-refractivity contribution in [1.82, 2.24) is 0 Å². The molecule has 100 valence electrons. The topological polar surface area (TPSA) is 0 Å². The molecule has 0 saturated heterocycles. The fraction of sp³-hybridized carbons (Fsp3) is 0.294. The molecule has 0 amide bonds. The van der Waals surface area contributed by atoms with Gasteiger partial charge in [0.25, 0.3) is 0 Å². The van der Waals surface area contributed by atoms with Crippen molar-refractivity contribution in [2.75, 3.05) is 0 Å². The Kier molecular flexibility index (Phi) is 4.70. The summed E-state index contributed by atoms with van der Waals surface area (Å²) >= 11 is 10.0. The van der Waals surface area contributed by atoms with Crippen molar-refractivity contribution in [3.05, 3.63) is 69.2 Å². The SMILES string of the molecule is CCc1ccccc1C(Br)c1cc(C)c(Cl)cc1C. The van der Waals surface area contributed by atoms with Crippen LogP contribution in [0, 0.1) is 13.8 Å². The summed E-state index contributed by atoms with van der Waals surface area (Å²) in [7, 11) is 0. The smallest absolute Gasteiger partial charge is 0.0649 e.